The first-order valence-electron chi connectivity index (χ1n) is 8.11. The Morgan fingerprint density at radius 1 is 1.36 bits per heavy atom. The standard InChI is InChI=1S/C18H17ClN4OS/c1-2-8-23-16(12-6-7-12)21-22-18(23)25-11-15-10-24-17(20-15)13-4-3-5-14(19)9-13/h2-5,9-10,12H,1,6-8,11H2. The third-order valence-electron chi connectivity index (χ3n) is 3.97. The highest BCUT2D eigenvalue weighted by Crippen LogP contribution is 2.40. The third-order valence-corrected chi connectivity index (χ3v) is 5.21. The lowest BCUT2D eigenvalue weighted by atomic mass is 10.2. The average molecular weight is 373 g/mol. The molecule has 25 heavy (non-hydrogen) atoms. The summed E-state index contributed by atoms with van der Waals surface area (Å²) in [5.74, 6) is 2.87. The van der Waals surface area contributed by atoms with Crippen molar-refractivity contribution in [3.63, 3.8) is 0 Å². The van der Waals surface area contributed by atoms with Crippen molar-refractivity contribution >= 4 is 23.4 Å². The number of aromatic nitrogens is 4. The van der Waals surface area contributed by atoms with Crippen LogP contribution in [0.3, 0.4) is 0 Å². The Hall–Kier alpha value is -2.05. The molecule has 0 radical (unpaired) electrons. The topological polar surface area (TPSA) is 56.7 Å². The molecule has 2 aromatic heterocycles. The van der Waals surface area contributed by atoms with Gasteiger partial charge in [0.1, 0.15) is 12.1 Å². The Kier molecular flexibility index (Phi) is 4.63. The molecular weight excluding hydrogens is 356 g/mol. The lowest BCUT2D eigenvalue weighted by Crippen LogP contribution is -2.02. The maximum Gasteiger partial charge on any atom is 0.226 e. The molecule has 0 amide bonds. The summed E-state index contributed by atoms with van der Waals surface area (Å²) < 4.78 is 7.73. The number of benzene rings is 1. The molecule has 0 spiro atoms. The summed E-state index contributed by atoms with van der Waals surface area (Å²) >= 11 is 7.63. The zero-order chi connectivity index (χ0) is 17.2. The summed E-state index contributed by atoms with van der Waals surface area (Å²) in [7, 11) is 0. The van der Waals surface area contributed by atoms with Gasteiger partial charge in [0.2, 0.25) is 5.89 Å². The maximum absolute atomic E-state index is 6.02. The fourth-order valence-electron chi connectivity index (χ4n) is 2.62. The first kappa shape index (κ1) is 16.4. The second-order valence-corrected chi connectivity index (χ2v) is 7.34. The maximum atomic E-state index is 6.02. The normalized spacial score (nSPS) is 14.0. The molecule has 0 N–H and O–H groups in total. The first-order chi connectivity index (χ1) is 12.2. The zero-order valence-corrected chi connectivity index (χ0v) is 15.1. The van der Waals surface area contributed by atoms with Crippen LogP contribution in [0.25, 0.3) is 11.5 Å². The van der Waals surface area contributed by atoms with Gasteiger partial charge in [0.05, 0.1) is 5.69 Å². The van der Waals surface area contributed by atoms with E-state index in [2.05, 4.69) is 26.3 Å². The van der Waals surface area contributed by atoms with Crippen molar-refractivity contribution in [2.75, 3.05) is 0 Å². The van der Waals surface area contributed by atoms with Crippen LogP contribution < -0.4 is 0 Å². The van der Waals surface area contributed by atoms with Crippen LogP contribution in [0.4, 0.5) is 0 Å². The average Bonchev–Trinajstić information content (AvgIpc) is 3.20. The van der Waals surface area contributed by atoms with E-state index in [-0.39, 0.29) is 0 Å². The molecular formula is C18H17ClN4OS. The summed E-state index contributed by atoms with van der Waals surface area (Å²) in [6.07, 6.45) is 5.96. The number of hydrogen-bond acceptors (Lipinski definition) is 5. The van der Waals surface area contributed by atoms with E-state index >= 15 is 0 Å². The van der Waals surface area contributed by atoms with Gasteiger partial charge in [0.15, 0.2) is 5.16 Å². The number of halogens is 1. The molecule has 128 valence electrons. The predicted molar refractivity (Wildman–Crippen MR) is 98.7 cm³/mol. The Balaban J connectivity index is 1.48. The largest absolute Gasteiger partial charge is 0.444 e. The molecule has 1 aliphatic carbocycles. The van der Waals surface area contributed by atoms with E-state index in [1.807, 2.05) is 30.3 Å². The van der Waals surface area contributed by atoms with E-state index in [4.69, 9.17) is 16.0 Å². The van der Waals surface area contributed by atoms with Crippen LogP contribution in [0.1, 0.15) is 30.3 Å². The van der Waals surface area contributed by atoms with Crippen molar-refractivity contribution < 1.29 is 4.42 Å². The highest BCUT2D eigenvalue weighted by atomic mass is 35.5. The molecule has 1 saturated carbocycles. The van der Waals surface area contributed by atoms with Crippen LogP contribution in [0.15, 0.2) is 52.8 Å². The van der Waals surface area contributed by atoms with E-state index in [1.165, 1.54) is 12.8 Å². The van der Waals surface area contributed by atoms with Crippen molar-refractivity contribution in [2.24, 2.45) is 0 Å². The summed E-state index contributed by atoms with van der Waals surface area (Å²) in [5, 5.41) is 10.3. The minimum absolute atomic E-state index is 0.559. The number of nitrogens with zero attached hydrogens (tertiary/aromatic N) is 4. The highest BCUT2D eigenvalue weighted by Gasteiger charge is 2.30. The Bertz CT molecular complexity index is 900. The fraction of sp³-hybridized carbons (Fsp3) is 0.278. The summed E-state index contributed by atoms with van der Waals surface area (Å²) in [5.41, 5.74) is 1.73. The van der Waals surface area contributed by atoms with Crippen LogP contribution in [-0.4, -0.2) is 19.7 Å². The SMILES string of the molecule is C=CCn1c(SCc2coc(-c3cccc(Cl)c3)n2)nnc1C1CC1. The van der Waals surface area contributed by atoms with Gasteiger partial charge in [-0.1, -0.05) is 35.5 Å². The van der Waals surface area contributed by atoms with Crippen molar-refractivity contribution in [3.8, 4) is 11.5 Å². The fourth-order valence-corrected chi connectivity index (χ4v) is 3.64. The van der Waals surface area contributed by atoms with Crippen LogP contribution >= 0.6 is 23.4 Å². The zero-order valence-electron chi connectivity index (χ0n) is 13.6. The Morgan fingerprint density at radius 2 is 2.24 bits per heavy atom. The molecule has 1 aliphatic rings. The molecule has 0 aliphatic heterocycles. The molecule has 3 aromatic rings. The second-order valence-electron chi connectivity index (χ2n) is 5.96. The number of oxazole rings is 1. The highest BCUT2D eigenvalue weighted by molar-refractivity contribution is 7.98. The molecule has 1 fully saturated rings. The predicted octanol–water partition coefficient (Wildman–Crippen LogP) is 4.94. The smallest absolute Gasteiger partial charge is 0.226 e. The van der Waals surface area contributed by atoms with Gasteiger partial charge in [-0.15, -0.1) is 16.8 Å². The quantitative estimate of drug-likeness (QED) is 0.434. The van der Waals surface area contributed by atoms with Crippen molar-refractivity contribution in [2.45, 2.75) is 36.2 Å². The molecule has 0 unspecified atom stereocenters. The Labute approximate surface area is 155 Å². The first-order valence-corrected chi connectivity index (χ1v) is 9.48. The second kappa shape index (κ2) is 7.06. The van der Waals surface area contributed by atoms with Gasteiger partial charge in [0, 0.05) is 28.8 Å². The van der Waals surface area contributed by atoms with Gasteiger partial charge in [-0.3, -0.25) is 0 Å². The van der Waals surface area contributed by atoms with E-state index < -0.39 is 0 Å². The summed E-state index contributed by atoms with van der Waals surface area (Å²) in [6, 6.07) is 7.48. The number of rotatable bonds is 7. The van der Waals surface area contributed by atoms with E-state index in [9.17, 15) is 0 Å². The van der Waals surface area contributed by atoms with E-state index in [1.54, 1.807) is 18.0 Å². The van der Waals surface area contributed by atoms with Gasteiger partial charge in [-0.05, 0) is 31.0 Å². The molecule has 0 bridgehead atoms. The third kappa shape index (κ3) is 3.65. The van der Waals surface area contributed by atoms with Crippen molar-refractivity contribution in [1.82, 2.24) is 19.7 Å². The van der Waals surface area contributed by atoms with Crippen LogP contribution in [0, 0.1) is 0 Å². The number of allylic oxidation sites excluding steroid dienone is 1. The number of thioether (sulfide) groups is 1. The Morgan fingerprint density at radius 3 is 3.00 bits per heavy atom. The molecule has 5 nitrogen and oxygen atoms in total. The van der Waals surface area contributed by atoms with Crippen LogP contribution in [0.5, 0.6) is 0 Å². The van der Waals surface area contributed by atoms with Gasteiger partial charge in [0.25, 0.3) is 0 Å². The monoisotopic (exact) mass is 372 g/mol. The molecule has 1 aromatic carbocycles. The minimum Gasteiger partial charge on any atom is -0.444 e. The lowest BCUT2D eigenvalue weighted by molar-refractivity contribution is 0.573. The lowest BCUT2D eigenvalue weighted by Gasteiger charge is -2.05. The van der Waals surface area contributed by atoms with Crippen molar-refractivity contribution in [1.29, 1.82) is 0 Å². The molecule has 0 atom stereocenters. The molecule has 7 heteroatoms. The van der Waals surface area contributed by atoms with E-state index in [0.29, 0.717) is 22.6 Å². The van der Waals surface area contributed by atoms with Crippen LogP contribution in [-0.2, 0) is 12.3 Å². The minimum atomic E-state index is 0.559. The van der Waals surface area contributed by atoms with Crippen LogP contribution in [0.2, 0.25) is 5.02 Å². The summed E-state index contributed by atoms with van der Waals surface area (Å²) in [6.45, 7) is 4.57. The van der Waals surface area contributed by atoms with E-state index in [0.717, 1.165) is 28.8 Å². The van der Waals surface area contributed by atoms with Gasteiger partial charge >= 0.3 is 0 Å². The summed E-state index contributed by atoms with van der Waals surface area (Å²) in [4.78, 5) is 4.54. The number of hydrogen-bond donors (Lipinski definition) is 0. The molecule has 0 saturated heterocycles. The van der Waals surface area contributed by atoms with Gasteiger partial charge in [-0.2, -0.15) is 0 Å². The van der Waals surface area contributed by atoms with Gasteiger partial charge < -0.3 is 8.98 Å². The van der Waals surface area contributed by atoms with Crippen molar-refractivity contribution in [3.05, 3.63) is 59.7 Å². The molecule has 2 heterocycles. The molecule has 4 rings (SSSR count). The van der Waals surface area contributed by atoms with Gasteiger partial charge in [-0.25, -0.2) is 4.98 Å².